The molecule has 0 saturated carbocycles. The van der Waals surface area contributed by atoms with Gasteiger partial charge in [-0.2, -0.15) is 0 Å². The summed E-state index contributed by atoms with van der Waals surface area (Å²) in [4.78, 5) is 14.4. The van der Waals surface area contributed by atoms with E-state index in [1.165, 1.54) is 0 Å². The van der Waals surface area contributed by atoms with Gasteiger partial charge in [-0.05, 0) is 24.8 Å². The van der Waals surface area contributed by atoms with E-state index in [9.17, 15) is 13.2 Å². The van der Waals surface area contributed by atoms with Gasteiger partial charge in [0.15, 0.2) is 9.84 Å². The predicted molar refractivity (Wildman–Crippen MR) is 88.5 cm³/mol. The Morgan fingerprint density at radius 1 is 1.23 bits per heavy atom. The van der Waals surface area contributed by atoms with E-state index in [1.54, 1.807) is 11.8 Å². The molecule has 1 aromatic carbocycles. The average Bonchev–Trinajstić information content (AvgIpc) is 2.45. The molecule has 1 heterocycles. The second-order valence-electron chi connectivity index (χ2n) is 6.83. The number of sulfone groups is 1. The number of carbonyl (C=O) groups is 1. The molecule has 2 atom stereocenters. The molecule has 1 saturated heterocycles. The molecule has 0 aliphatic carbocycles. The SMILES string of the molecule is C[C@H]1[C@H](C)S(=O)(=O)CCN1C(=O)CC(C)(C)c1ccccc1. The van der Waals surface area contributed by atoms with E-state index in [2.05, 4.69) is 13.8 Å². The zero-order chi connectivity index (χ0) is 16.5. The highest BCUT2D eigenvalue weighted by molar-refractivity contribution is 7.92. The summed E-state index contributed by atoms with van der Waals surface area (Å²) in [6, 6.07) is 9.69. The molecule has 0 bridgehead atoms. The van der Waals surface area contributed by atoms with Crippen molar-refractivity contribution >= 4 is 15.7 Å². The number of amides is 1. The van der Waals surface area contributed by atoms with Crippen LogP contribution in [0.1, 0.15) is 39.7 Å². The molecule has 0 N–H and O–H groups in total. The van der Waals surface area contributed by atoms with Gasteiger partial charge in [-0.1, -0.05) is 44.2 Å². The van der Waals surface area contributed by atoms with Crippen LogP contribution in [-0.2, 0) is 20.0 Å². The number of carbonyl (C=O) groups excluding carboxylic acids is 1. The summed E-state index contributed by atoms with van der Waals surface area (Å²) < 4.78 is 23.9. The van der Waals surface area contributed by atoms with Crippen molar-refractivity contribution in [3.8, 4) is 0 Å². The number of hydrogen-bond acceptors (Lipinski definition) is 3. The Labute approximate surface area is 133 Å². The van der Waals surface area contributed by atoms with Crippen LogP contribution in [0.2, 0.25) is 0 Å². The Kier molecular flexibility index (Phi) is 4.66. The first kappa shape index (κ1) is 17.0. The lowest BCUT2D eigenvalue weighted by Gasteiger charge is -2.39. The molecule has 1 aliphatic heterocycles. The van der Waals surface area contributed by atoms with Crippen molar-refractivity contribution in [2.45, 2.75) is 50.8 Å². The predicted octanol–water partition coefficient (Wildman–Crippen LogP) is 2.39. The monoisotopic (exact) mass is 323 g/mol. The van der Waals surface area contributed by atoms with Crippen LogP contribution in [0.15, 0.2) is 30.3 Å². The van der Waals surface area contributed by atoms with Crippen LogP contribution in [0, 0.1) is 0 Å². The van der Waals surface area contributed by atoms with Crippen molar-refractivity contribution in [3.05, 3.63) is 35.9 Å². The van der Waals surface area contributed by atoms with E-state index in [1.807, 2.05) is 37.3 Å². The van der Waals surface area contributed by atoms with E-state index < -0.39 is 15.1 Å². The van der Waals surface area contributed by atoms with Gasteiger partial charge in [-0.25, -0.2) is 8.42 Å². The van der Waals surface area contributed by atoms with Crippen LogP contribution in [0.25, 0.3) is 0 Å². The Hall–Kier alpha value is -1.36. The number of benzene rings is 1. The van der Waals surface area contributed by atoms with Gasteiger partial charge < -0.3 is 4.90 Å². The van der Waals surface area contributed by atoms with Gasteiger partial charge in [0.2, 0.25) is 5.91 Å². The third-order valence-electron chi connectivity index (χ3n) is 4.82. The third-order valence-corrected chi connectivity index (χ3v) is 7.10. The van der Waals surface area contributed by atoms with E-state index in [0.29, 0.717) is 13.0 Å². The molecular weight excluding hydrogens is 298 g/mol. The third kappa shape index (κ3) is 3.35. The van der Waals surface area contributed by atoms with Crippen LogP contribution < -0.4 is 0 Å². The van der Waals surface area contributed by atoms with Gasteiger partial charge in [0, 0.05) is 19.0 Å². The molecule has 122 valence electrons. The molecule has 22 heavy (non-hydrogen) atoms. The van der Waals surface area contributed by atoms with Crippen molar-refractivity contribution < 1.29 is 13.2 Å². The fourth-order valence-corrected chi connectivity index (χ4v) is 4.56. The summed E-state index contributed by atoms with van der Waals surface area (Å²) in [6.45, 7) is 7.93. The minimum absolute atomic E-state index is 0.0307. The Bertz CT molecular complexity index is 637. The average molecular weight is 323 g/mol. The van der Waals surface area contributed by atoms with Crippen LogP contribution in [0.5, 0.6) is 0 Å². The number of rotatable bonds is 3. The van der Waals surface area contributed by atoms with Crippen molar-refractivity contribution in [1.29, 1.82) is 0 Å². The van der Waals surface area contributed by atoms with Crippen LogP contribution in [0.4, 0.5) is 0 Å². The van der Waals surface area contributed by atoms with Crippen LogP contribution in [-0.4, -0.2) is 42.8 Å². The van der Waals surface area contributed by atoms with Crippen molar-refractivity contribution in [1.82, 2.24) is 4.90 Å². The minimum atomic E-state index is -3.07. The van der Waals surface area contributed by atoms with E-state index >= 15 is 0 Å². The van der Waals surface area contributed by atoms with Gasteiger partial charge in [0.25, 0.3) is 0 Å². The smallest absolute Gasteiger partial charge is 0.223 e. The van der Waals surface area contributed by atoms with Crippen LogP contribution >= 0.6 is 0 Å². The summed E-state index contributed by atoms with van der Waals surface area (Å²) in [6.07, 6.45) is 0.383. The van der Waals surface area contributed by atoms with Crippen LogP contribution in [0.3, 0.4) is 0 Å². The second kappa shape index (κ2) is 6.03. The molecule has 0 aromatic heterocycles. The molecule has 5 heteroatoms. The first-order valence-corrected chi connectivity index (χ1v) is 9.43. The van der Waals surface area contributed by atoms with Gasteiger partial charge in [-0.15, -0.1) is 0 Å². The van der Waals surface area contributed by atoms with Gasteiger partial charge in [-0.3, -0.25) is 4.79 Å². The highest BCUT2D eigenvalue weighted by Gasteiger charge is 2.39. The molecule has 4 nitrogen and oxygen atoms in total. The van der Waals surface area contributed by atoms with E-state index in [0.717, 1.165) is 5.56 Å². The zero-order valence-electron chi connectivity index (χ0n) is 13.7. The van der Waals surface area contributed by atoms with E-state index in [4.69, 9.17) is 0 Å². The lowest BCUT2D eigenvalue weighted by molar-refractivity contribution is -0.134. The minimum Gasteiger partial charge on any atom is -0.338 e. The second-order valence-corrected chi connectivity index (χ2v) is 9.30. The fourth-order valence-electron chi connectivity index (χ4n) is 2.99. The summed E-state index contributed by atoms with van der Waals surface area (Å²) in [5.74, 6) is 0.0961. The quantitative estimate of drug-likeness (QED) is 0.858. The Morgan fingerprint density at radius 2 is 1.82 bits per heavy atom. The van der Waals surface area contributed by atoms with Gasteiger partial charge in [0.1, 0.15) is 0 Å². The van der Waals surface area contributed by atoms with Crippen molar-refractivity contribution in [2.75, 3.05) is 12.3 Å². The normalized spacial score (nSPS) is 25.0. The highest BCUT2D eigenvalue weighted by atomic mass is 32.2. The maximum Gasteiger partial charge on any atom is 0.223 e. The molecule has 0 spiro atoms. The highest BCUT2D eigenvalue weighted by Crippen LogP contribution is 2.29. The summed E-state index contributed by atoms with van der Waals surface area (Å²) in [5, 5.41) is -0.495. The van der Waals surface area contributed by atoms with Crippen molar-refractivity contribution in [3.63, 3.8) is 0 Å². The van der Waals surface area contributed by atoms with Gasteiger partial charge >= 0.3 is 0 Å². The first-order valence-electron chi connectivity index (χ1n) is 7.72. The lowest BCUT2D eigenvalue weighted by Crippen LogP contribution is -2.54. The standard InChI is InChI=1S/C17H25NO3S/c1-13-14(2)22(20,21)11-10-18(13)16(19)12-17(3,4)15-8-6-5-7-9-15/h5-9,13-14H,10-12H2,1-4H3/t13-,14-/m0/s1. The zero-order valence-corrected chi connectivity index (χ0v) is 14.6. The maximum atomic E-state index is 12.7. The topological polar surface area (TPSA) is 54.5 Å². The Morgan fingerprint density at radius 3 is 2.41 bits per heavy atom. The first-order chi connectivity index (χ1) is 10.1. The molecule has 0 unspecified atom stereocenters. The lowest BCUT2D eigenvalue weighted by atomic mass is 9.81. The molecule has 1 aromatic rings. The summed E-state index contributed by atoms with van der Waals surface area (Å²) in [5.41, 5.74) is 0.853. The Balaban J connectivity index is 2.13. The molecule has 2 rings (SSSR count). The number of hydrogen-bond donors (Lipinski definition) is 0. The molecular formula is C17H25NO3S. The fraction of sp³-hybridized carbons (Fsp3) is 0.588. The molecule has 1 amide bonds. The summed E-state index contributed by atoms with van der Waals surface area (Å²) >= 11 is 0. The largest absolute Gasteiger partial charge is 0.338 e. The maximum absolute atomic E-state index is 12.7. The van der Waals surface area contributed by atoms with Gasteiger partial charge in [0.05, 0.1) is 11.0 Å². The summed E-state index contributed by atoms with van der Waals surface area (Å²) in [7, 11) is -3.07. The van der Waals surface area contributed by atoms with E-state index in [-0.39, 0.29) is 23.1 Å². The number of nitrogens with zero attached hydrogens (tertiary/aromatic N) is 1. The molecule has 1 aliphatic rings. The van der Waals surface area contributed by atoms with Crippen molar-refractivity contribution in [2.24, 2.45) is 0 Å². The molecule has 1 fully saturated rings. The molecule has 0 radical (unpaired) electrons.